The van der Waals surface area contributed by atoms with Gasteiger partial charge in [0.2, 0.25) is 0 Å². The molecule has 0 spiro atoms. The molecule has 4 aromatic rings. The molecule has 0 aliphatic rings. The number of carbonyl (C=O) groups is 1. The maximum absolute atomic E-state index is 13.1. The lowest BCUT2D eigenvalue weighted by atomic mass is 10.1. The number of hydrogen-bond donors (Lipinski definition) is 1. The molecule has 2 aromatic carbocycles. The molecule has 1 N–H and O–H groups in total. The fourth-order valence-corrected chi connectivity index (χ4v) is 4.53. The first-order valence-corrected chi connectivity index (χ1v) is 10.7. The second-order valence-corrected chi connectivity index (χ2v) is 9.29. The van der Waals surface area contributed by atoms with Crippen LogP contribution in [0.3, 0.4) is 0 Å². The number of fused-ring (bicyclic) bond motifs is 2. The van der Waals surface area contributed by atoms with Gasteiger partial charge in [-0.25, -0.2) is 4.98 Å². The summed E-state index contributed by atoms with van der Waals surface area (Å²) in [7, 11) is 3.98. The van der Waals surface area contributed by atoms with Crippen LogP contribution < -0.4 is 5.32 Å². The Morgan fingerprint density at radius 1 is 1.13 bits per heavy atom. The molecule has 4 rings (SSSR count). The summed E-state index contributed by atoms with van der Waals surface area (Å²) in [4.78, 5) is 29.4. The predicted octanol–water partition coefficient (Wildman–Crippen LogP) is 4.71. The van der Waals surface area contributed by atoms with Gasteiger partial charge in [0, 0.05) is 23.8 Å². The molecule has 1 atom stereocenters. The molecule has 158 valence electrons. The molecule has 0 fully saturated rings. The van der Waals surface area contributed by atoms with Crippen LogP contribution in [0, 0.1) is 10.1 Å². The van der Waals surface area contributed by atoms with Crippen LogP contribution in [0.25, 0.3) is 21.8 Å². The average molecular weight is 436 g/mol. The van der Waals surface area contributed by atoms with E-state index in [4.69, 9.17) is 4.98 Å². The van der Waals surface area contributed by atoms with Crippen LogP contribution in [0.5, 0.6) is 0 Å². The molecule has 0 aliphatic heterocycles. The third kappa shape index (κ3) is 4.26. The first-order chi connectivity index (χ1) is 14.7. The number of rotatable bonds is 6. The summed E-state index contributed by atoms with van der Waals surface area (Å²) in [6.45, 7) is 2.51. The lowest BCUT2D eigenvalue weighted by Crippen LogP contribution is -2.55. The Bertz CT molecular complexity index is 1300. The van der Waals surface area contributed by atoms with Gasteiger partial charge in [0.1, 0.15) is 6.54 Å². The first-order valence-electron chi connectivity index (χ1n) is 9.90. The third-order valence-electron chi connectivity index (χ3n) is 5.57. The maximum atomic E-state index is 13.1. The first kappa shape index (κ1) is 20.9. The molecule has 8 heteroatoms. The fraction of sp³-hybridized carbons (Fsp3) is 0.217. The highest BCUT2D eigenvalue weighted by Crippen LogP contribution is 2.27. The molecule has 2 heterocycles. The van der Waals surface area contributed by atoms with E-state index in [2.05, 4.69) is 5.32 Å². The molecule has 0 aliphatic carbocycles. The van der Waals surface area contributed by atoms with Crippen LogP contribution in [0.15, 0.2) is 60.7 Å². The minimum atomic E-state index is -0.378. The SMILES string of the molecule is CC(NC(=O)c1cccc2cc3ccccc3nc12)[N+](C)(C)Cc1ccc([N+](=O)[O-])s1. The standard InChI is InChI=1S/C23H22N4O3S/c1-15(27(2,3)14-18-11-12-21(31-18)26(29)30)24-23(28)19-9-6-8-17-13-16-7-4-5-10-20(16)25-22(17)19/h4-13,15H,14H2,1-3H3/p+1. The summed E-state index contributed by atoms with van der Waals surface area (Å²) < 4.78 is 0.449. The minimum absolute atomic E-state index is 0.126. The average Bonchev–Trinajstić information content (AvgIpc) is 3.19. The second kappa shape index (κ2) is 8.05. The molecular formula is C23H23N4O3S+. The van der Waals surface area contributed by atoms with E-state index in [-0.39, 0.29) is 22.0 Å². The van der Waals surface area contributed by atoms with Crippen molar-refractivity contribution in [2.75, 3.05) is 14.1 Å². The van der Waals surface area contributed by atoms with Gasteiger partial charge in [-0.2, -0.15) is 0 Å². The van der Waals surface area contributed by atoms with Gasteiger partial charge in [0.15, 0.2) is 6.17 Å². The number of aromatic nitrogens is 1. The number of para-hydroxylation sites is 2. The highest BCUT2D eigenvalue weighted by molar-refractivity contribution is 7.15. The molecule has 0 radical (unpaired) electrons. The lowest BCUT2D eigenvalue weighted by Gasteiger charge is -2.35. The Morgan fingerprint density at radius 3 is 2.61 bits per heavy atom. The molecular weight excluding hydrogens is 412 g/mol. The second-order valence-electron chi connectivity index (χ2n) is 8.14. The van der Waals surface area contributed by atoms with Crippen molar-refractivity contribution >= 4 is 44.1 Å². The number of nitro groups is 1. The Morgan fingerprint density at radius 2 is 1.87 bits per heavy atom. The summed E-state index contributed by atoms with van der Waals surface area (Å²) in [5.74, 6) is -0.191. The Balaban J connectivity index is 1.57. The maximum Gasteiger partial charge on any atom is 0.324 e. The quantitative estimate of drug-likeness (QED) is 0.156. The molecule has 1 unspecified atom stereocenters. The van der Waals surface area contributed by atoms with Gasteiger partial charge in [-0.05, 0) is 24.3 Å². The van der Waals surface area contributed by atoms with Crippen LogP contribution in [0.4, 0.5) is 5.00 Å². The predicted molar refractivity (Wildman–Crippen MR) is 123 cm³/mol. The van der Waals surface area contributed by atoms with Crippen LogP contribution in [-0.4, -0.2) is 40.6 Å². The molecule has 31 heavy (non-hydrogen) atoms. The van der Waals surface area contributed by atoms with Crippen molar-refractivity contribution in [1.82, 2.24) is 10.3 Å². The summed E-state index contributed by atoms with van der Waals surface area (Å²) >= 11 is 1.17. The Kier molecular flexibility index (Phi) is 5.43. The van der Waals surface area contributed by atoms with Gasteiger partial charge in [0.25, 0.3) is 5.91 Å². The molecule has 2 aromatic heterocycles. The third-order valence-corrected chi connectivity index (χ3v) is 6.59. The van der Waals surface area contributed by atoms with Crippen molar-refractivity contribution in [3.63, 3.8) is 0 Å². The number of hydrogen-bond acceptors (Lipinski definition) is 5. The normalized spacial score (nSPS) is 12.7. The smallest absolute Gasteiger partial charge is 0.305 e. The zero-order valence-electron chi connectivity index (χ0n) is 17.5. The summed E-state index contributed by atoms with van der Waals surface area (Å²) in [5, 5.41) is 16.1. The van der Waals surface area contributed by atoms with Crippen molar-refractivity contribution in [2.24, 2.45) is 0 Å². The van der Waals surface area contributed by atoms with Gasteiger partial charge in [-0.15, -0.1) is 0 Å². The van der Waals surface area contributed by atoms with E-state index in [0.29, 0.717) is 22.1 Å². The van der Waals surface area contributed by atoms with Gasteiger partial charge >= 0.3 is 5.00 Å². The number of nitrogens with one attached hydrogen (secondary N) is 1. The van der Waals surface area contributed by atoms with E-state index < -0.39 is 0 Å². The molecule has 7 nitrogen and oxygen atoms in total. The zero-order chi connectivity index (χ0) is 22.2. The van der Waals surface area contributed by atoms with Crippen molar-refractivity contribution in [1.29, 1.82) is 0 Å². The fourth-order valence-electron chi connectivity index (χ4n) is 3.52. The number of carbonyl (C=O) groups excluding carboxylic acids is 1. The van der Waals surface area contributed by atoms with Gasteiger partial charge < -0.3 is 9.80 Å². The number of pyridine rings is 1. The van der Waals surface area contributed by atoms with E-state index in [0.717, 1.165) is 21.2 Å². The molecule has 0 bridgehead atoms. The van der Waals surface area contributed by atoms with Crippen LogP contribution in [0.2, 0.25) is 0 Å². The topological polar surface area (TPSA) is 85.1 Å². The number of thiophene rings is 1. The van der Waals surface area contributed by atoms with Crippen LogP contribution in [-0.2, 0) is 6.54 Å². The van der Waals surface area contributed by atoms with Gasteiger partial charge in [0.05, 0.1) is 40.5 Å². The largest absolute Gasteiger partial charge is 0.324 e. The van der Waals surface area contributed by atoms with Crippen LogP contribution in [0.1, 0.15) is 22.2 Å². The minimum Gasteiger partial charge on any atom is -0.305 e. The van der Waals surface area contributed by atoms with Crippen molar-refractivity contribution < 1.29 is 14.2 Å². The van der Waals surface area contributed by atoms with E-state index in [1.807, 2.05) is 63.5 Å². The Hall–Kier alpha value is -3.36. The zero-order valence-corrected chi connectivity index (χ0v) is 18.3. The van der Waals surface area contributed by atoms with E-state index in [1.165, 1.54) is 17.4 Å². The Labute approximate surface area is 183 Å². The molecule has 1 amide bonds. The highest BCUT2D eigenvalue weighted by atomic mass is 32.1. The highest BCUT2D eigenvalue weighted by Gasteiger charge is 2.28. The summed E-state index contributed by atoms with van der Waals surface area (Å²) in [6.07, 6.45) is -0.218. The monoisotopic (exact) mass is 435 g/mol. The van der Waals surface area contributed by atoms with Gasteiger partial charge in [-0.3, -0.25) is 14.9 Å². The summed E-state index contributed by atoms with van der Waals surface area (Å²) in [5.41, 5.74) is 2.05. The number of amides is 1. The number of benzene rings is 2. The number of quaternary nitrogens is 1. The van der Waals surface area contributed by atoms with Crippen molar-refractivity contribution in [2.45, 2.75) is 19.6 Å². The molecule has 0 saturated heterocycles. The number of nitrogens with zero attached hydrogens (tertiary/aromatic N) is 3. The lowest BCUT2D eigenvalue weighted by molar-refractivity contribution is -0.927. The van der Waals surface area contributed by atoms with E-state index in [1.54, 1.807) is 12.1 Å². The van der Waals surface area contributed by atoms with Crippen molar-refractivity contribution in [3.05, 3.63) is 81.2 Å². The van der Waals surface area contributed by atoms with Crippen molar-refractivity contribution in [3.8, 4) is 0 Å². The molecule has 0 saturated carbocycles. The van der Waals surface area contributed by atoms with Crippen LogP contribution >= 0.6 is 11.3 Å². The van der Waals surface area contributed by atoms with E-state index >= 15 is 0 Å². The van der Waals surface area contributed by atoms with Gasteiger partial charge in [-0.1, -0.05) is 41.7 Å². The van der Waals surface area contributed by atoms with E-state index in [9.17, 15) is 14.9 Å². The summed E-state index contributed by atoms with van der Waals surface area (Å²) in [6, 6.07) is 18.8.